The summed E-state index contributed by atoms with van der Waals surface area (Å²) in [5, 5.41) is 4.68. The number of nitrogens with zero attached hydrogens (tertiary/aromatic N) is 2. The third-order valence-electron chi connectivity index (χ3n) is 2.79. The molecule has 0 heterocycles. The third kappa shape index (κ3) is 22.8. The van der Waals surface area contributed by atoms with Crippen LogP contribution in [0.2, 0.25) is 0 Å². The Bertz CT molecular complexity index is 304. The molecule has 0 atom stereocenters. The molecule has 2 fully saturated rings. The van der Waals surface area contributed by atoms with Gasteiger partial charge in [-0.25, -0.2) is 0 Å². The maximum absolute atomic E-state index is 4.68. The number of aliphatic imine (C=N–C) groups is 1. The Morgan fingerprint density at radius 3 is 1.31 bits per heavy atom. The van der Waals surface area contributed by atoms with E-state index in [9.17, 15) is 0 Å². The molecule has 0 saturated heterocycles. The molecule has 0 unspecified atom stereocenters. The first-order valence-electron chi connectivity index (χ1n) is 9.29. The summed E-state index contributed by atoms with van der Waals surface area (Å²) in [7, 11) is 0. The van der Waals surface area contributed by atoms with Gasteiger partial charge in [0.05, 0.1) is 0 Å². The Hall–Kier alpha value is 0.717. The number of hydrogen-bond acceptors (Lipinski definition) is 1. The molecule has 0 N–H and O–H groups in total. The van der Waals surface area contributed by atoms with E-state index in [0.717, 1.165) is 12.3 Å². The quantitative estimate of drug-likeness (QED) is 0.304. The molecular weight excluding hydrogens is 472 g/mol. The molecule has 0 bridgehead atoms. The van der Waals surface area contributed by atoms with Gasteiger partial charge >= 0.3 is 37.3 Å². The van der Waals surface area contributed by atoms with Crippen LogP contribution in [0.3, 0.4) is 0 Å². The molecule has 0 aromatic carbocycles. The first-order valence-corrected chi connectivity index (χ1v) is 9.29. The van der Waals surface area contributed by atoms with Crippen molar-refractivity contribution in [2.45, 2.75) is 78.8 Å². The van der Waals surface area contributed by atoms with Crippen LogP contribution in [0.4, 0.5) is 0 Å². The monoisotopic (exact) mass is 507 g/mol. The van der Waals surface area contributed by atoms with E-state index in [1.165, 1.54) is 12.8 Å². The topological polar surface area (TPSA) is 26.5 Å². The Balaban J connectivity index is 0. The largest absolute Gasteiger partial charge is 3.00 e. The molecule has 26 heavy (non-hydrogen) atoms. The maximum atomic E-state index is 4.68. The van der Waals surface area contributed by atoms with E-state index in [2.05, 4.69) is 58.8 Å². The summed E-state index contributed by atoms with van der Waals surface area (Å²) in [6, 6.07) is 0. The van der Waals surface area contributed by atoms with Crippen molar-refractivity contribution in [3.05, 3.63) is 69.5 Å². The molecular formula is C23H37ErN2+2. The van der Waals surface area contributed by atoms with Gasteiger partial charge in [0.1, 0.15) is 0 Å². The van der Waals surface area contributed by atoms with Gasteiger partial charge in [-0.2, -0.15) is 0 Å². The second-order valence-electron chi connectivity index (χ2n) is 8.01. The van der Waals surface area contributed by atoms with E-state index >= 15 is 0 Å². The van der Waals surface area contributed by atoms with Crippen molar-refractivity contribution in [3.63, 3.8) is 0 Å². The molecule has 0 aromatic rings. The van der Waals surface area contributed by atoms with Gasteiger partial charge in [0.2, 0.25) is 0 Å². The molecule has 149 valence electrons. The SMILES string of the molecule is CCCCC(=NC(C)(C)C)[N-]C(C)(C)C.[CH]1[CH][CH][CH][CH]1.[CH]1[CH][CH][CH][CH]1.[Er+3]. The van der Waals surface area contributed by atoms with Gasteiger partial charge in [0.15, 0.2) is 0 Å². The molecule has 0 amide bonds. The van der Waals surface area contributed by atoms with Crippen molar-refractivity contribution < 1.29 is 37.3 Å². The van der Waals surface area contributed by atoms with Crippen LogP contribution in [0.25, 0.3) is 5.32 Å². The summed E-state index contributed by atoms with van der Waals surface area (Å²) in [5.41, 5.74) is -0.0321. The summed E-state index contributed by atoms with van der Waals surface area (Å²) < 4.78 is 0. The van der Waals surface area contributed by atoms with E-state index in [0.29, 0.717) is 0 Å². The minimum atomic E-state index is -0.0160. The van der Waals surface area contributed by atoms with Crippen molar-refractivity contribution >= 4 is 5.84 Å². The van der Waals surface area contributed by atoms with E-state index in [4.69, 9.17) is 0 Å². The molecule has 2 rings (SSSR count). The van der Waals surface area contributed by atoms with E-state index < -0.39 is 0 Å². The minimum Gasteiger partial charge on any atom is -0.463 e. The summed E-state index contributed by atoms with van der Waals surface area (Å²) in [4.78, 5) is 4.68. The van der Waals surface area contributed by atoms with Crippen LogP contribution in [0, 0.1) is 102 Å². The molecule has 2 nitrogen and oxygen atoms in total. The average molecular weight is 509 g/mol. The van der Waals surface area contributed by atoms with Crippen LogP contribution in [0.15, 0.2) is 4.99 Å². The molecule has 2 aliphatic carbocycles. The molecule has 2 aliphatic rings. The molecule has 0 aliphatic heterocycles. The number of amidine groups is 1. The van der Waals surface area contributed by atoms with E-state index in [-0.39, 0.29) is 48.4 Å². The second kappa shape index (κ2) is 16.7. The van der Waals surface area contributed by atoms with Crippen molar-refractivity contribution in [3.8, 4) is 0 Å². The van der Waals surface area contributed by atoms with Crippen LogP contribution in [0.1, 0.15) is 67.7 Å². The smallest absolute Gasteiger partial charge is 0.463 e. The van der Waals surface area contributed by atoms with E-state index in [1.807, 2.05) is 64.2 Å². The van der Waals surface area contributed by atoms with Gasteiger partial charge in [0.25, 0.3) is 0 Å². The van der Waals surface area contributed by atoms with Crippen LogP contribution < -0.4 is 0 Å². The Morgan fingerprint density at radius 2 is 1.08 bits per heavy atom. The van der Waals surface area contributed by atoms with Crippen LogP contribution >= 0.6 is 0 Å². The standard InChI is InChI=1S/C13H27N2.2C5H5.Er/c1-8-9-10-11(14-12(2,3)4)15-13(5,6)7;2*1-2-4-5-3-1;/h8-10H2,1-7H3;2*1-5H;/q-1;;;+3. The first-order chi connectivity index (χ1) is 11.6. The predicted octanol–water partition coefficient (Wildman–Crippen LogP) is 6.59. The molecule has 0 aromatic heterocycles. The van der Waals surface area contributed by atoms with Crippen LogP contribution in [-0.2, 0) is 0 Å². The van der Waals surface area contributed by atoms with Gasteiger partial charge in [0, 0.05) is 0 Å². The zero-order chi connectivity index (χ0) is 19.2. The fourth-order valence-electron chi connectivity index (χ4n) is 1.89. The van der Waals surface area contributed by atoms with Gasteiger partial charge in [-0.3, -0.25) is 0 Å². The summed E-state index contributed by atoms with van der Waals surface area (Å²) in [5.74, 6) is 1.02. The Labute approximate surface area is 195 Å². The molecule has 3 heteroatoms. The van der Waals surface area contributed by atoms with Crippen molar-refractivity contribution in [1.82, 2.24) is 0 Å². The number of rotatable bonds is 3. The van der Waals surface area contributed by atoms with Gasteiger partial charge in [-0.1, -0.05) is 67.1 Å². The molecule has 2 saturated carbocycles. The Morgan fingerprint density at radius 1 is 0.731 bits per heavy atom. The number of unbranched alkanes of at least 4 members (excludes halogenated alkanes) is 1. The first kappa shape index (κ1) is 28.9. The van der Waals surface area contributed by atoms with Gasteiger partial charge < -0.3 is 10.3 Å². The van der Waals surface area contributed by atoms with Crippen molar-refractivity contribution in [2.24, 2.45) is 4.99 Å². The third-order valence-corrected chi connectivity index (χ3v) is 2.79. The number of hydrogen-bond donors (Lipinski definition) is 0. The summed E-state index contributed by atoms with van der Waals surface area (Å²) in [6.07, 6.45) is 23.4. The van der Waals surface area contributed by atoms with Gasteiger partial charge in [-0.05, 0) is 81.7 Å². The van der Waals surface area contributed by atoms with Crippen molar-refractivity contribution in [2.75, 3.05) is 0 Å². The molecule has 0 spiro atoms. The normalized spacial score (nSPS) is 17.4. The summed E-state index contributed by atoms with van der Waals surface area (Å²) in [6.45, 7) is 14.9. The molecule has 11 radical (unpaired) electrons. The van der Waals surface area contributed by atoms with Crippen LogP contribution in [-0.4, -0.2) is 16.9 Å². The van der Waals surface area contributed by atoms with Crippen molar-refractivity contribution in [1.29, 1.82) is 0 Å². The van der Waals surface area contributed by atoms with Crippen LogP contribution in [0.5, 0.6) is 0 Å². The maximum Gasteiger partial charge on any atom is 3.00 e. The zero-order valence-electron chi connectivity index (χ0n) is 17.6. The fraction of sp³-hybridized carbons (Fsp3) is 0.522. The Kier molecular flexibility index (Phi) is 18.5. The van der Waals surface area contributed by atoms with Gasteiger partial charge in [-0.15, -0.1) is 0 Å². The minimum absolute atomic E-state index is 0. The fourth-order valence-corrected chi connectivity index (χ4v) is 1.89. The average Bonchev–Trinajstić information content (AvgIpc) is 3.17. The predicted molar refractivity (Wildman–Crippen MR) is 113 cm³/mol. The zero-order valence-corrected chi connectivity index (χ0v) is 19.4. The second-order valence-corrected chi connectivity index (χ2v) is 8.01. The van der Waals surface area contributed by atoms with E-state index in [1.54, 1.807) is 0 Å². The summed E-state index contributed by atoms with van der Waals surface area (Å²) >= 11 is 0.